The Labute approximate surface area is 194 Å². The van der Waals surface area contributed by atoms with Gasteiger partial charge in [0.1, 0.15) is 0 Å². The fourth-order valence-electron chi connectivity index (χ4n) is 3.87. The second-order valence-corrected chi connectivity index (χ2v) is 7.24. The van der Waals surface area contributed by atoms with Gasteiger partial charge in [0.15, 0.2) is 5.96 Å². The molecule has 7 heteroatoms. The Kier molecular flexibility index (Phi) is 13.5. The molecule has 6 nitrogen and oxygen atoms in total. The van der Waals surface area contributed by atoms with Gasteiger partial charge in [0.2, 0.25) is 0 Å². The molecule has 2 unspecified atom stereocenters. The summed E-state index contributed by atoms with van der Waals surface area (Å²) in [5, 5.41) is 3.63. The van der Waals surface area contributed by atoms with Gasteiger partial charge in [-0.25, -0.2) is 0 Å². The van der Waals surface area contributed by atoms with E-state index in [0.29, 0.717) is 25.2 Å². The van der Waals surface area contributed by atoms with Gasteiger partial charge >= 0.3 is 0 Å². The van der Waals surface area contributed by atoms with Crippen LogP contribution in [-0.4, -0.2) is 82.5 Å². The Bertz CT molecular complexity index is 569. The zero-order valence-corrected chi connectivity index (χ0v) is 20.8. The first-order valence-corrected chi connectivity index (χ1v) is 10.5. The molecule has 2 atom stereocenters. The van der Waals surface area contributed by atoms with Crippen molar-refractivity contribution in [3.63, 3.8) is 0 Å². The van der Waals surface area contributed by atoms with E-state index in [9.17, 15) is 0 Å². The average Bonchev–Trinajstić information content (AvgIpc) is 3.20. The normalized spacial score (nSPS) is 18.0. The van der Waals surface area contributed by atoms with Crippen molar-refractivity contribution in [2.75, 3.05) is 66.7 Å². The zero-order valence-electron chi connectivity index (χ0n) is 18.5. The summed E-state index contributed by atoms with van der Waals surface area (Å²) < 4.78 is 10.8. The van der Waals surface area contributed by atoms with Crippen LogP contribution >= 0.6 is 24.0 Å². The largest absolute Gasteiger partial charge is 0.382 e. The summed E-state index contributed by atoms with van der Waals surface area (Å²) in [5.41, 5.74) is 1.35. The van der Waals surface area contributed by atoms with Crippen molar-refractivity contribution in [2.24, 2.45) is 10.9 Å². The highest BCUT2D eigenvalue weighted by molar-refractivity contribution is 14.0. The summed E-state index contributed by atoms with van der Waals surface area (Å²) >= 11 is 0. The maximum Gasteiger partial charge on any atom is 0.193 e. The average molecular weight is 518 g/mol. The van der Waals surface area contributed by atoms with Gasteiger partial charge in [-0.1, -0.05) is 44.2 Å². The van der Waals surface area contributed by atoms with Crippen LogP contribution in [-0.2, 0) is 9.47 Å². The minimum absolute atomic E-state index is 0. The number of benzene rings is 1. The van der Waals surface area contributed by atoms with Crippen molar-refractivity contribution in [2.45, 2.75) is 26.3 Å². The maximum atomic E-state index is 5.72. The van der Waals surface area contributed by atoms with Crippen LogP contribution in [0.3, 0.4) is 0 Å². The van der Waals surface area contributed by atoms with Crippen LogP contribution in [0.1, 0.15) is 31.9 Å². The molecule has 1 aliphatic rings. The Morgan fingerprint density at radius 1 is 1.24 bits per heavy atom. The zero-order chi connectivity index (χ0) is 20.2. The van der Waals surface area contributed by atoms with Gasteiger partial charge in [0.25, 0.3) is 0 Å². The lowest BCUT2D eigenvalue weighted by Crippen LogP contribution is -2.44. The lowest BCUT2D eigenvalue weighted by atomic mass is 10.1. The molecule has 1 fully saturated rings. The van der Waals surface area contributed by atoms with E-state index in [1.54, 1.807) is 7.11 Å². The van der Waals surface area contributed by atoms with E-state index in [-0.39, 0.29) is 24.0 Å². The molecule has 0 amide bonds. The van der Waals surface area contributed by atoms with E-state index >= 15 is 0 Å². The van der Waals surface area contributed by atoms with Crippen molar-refractivity contribution in [3.05, 3.63) is 35.9 Å². The van der Waals surface area contributed by atoms with E-state index in [1.807, 2.05) is 7.05 Å². The highest BCUT2D eigenvalue weighted by Gasteiger charge is 2.26. The molecule has 1 heterocycles. The molecular weight excluding hydrogens is 479 g/mol. The van der Waals surface area contributed by atoms with Gasteiger partial charge in [0.05, 0.1) is 25.9 Å². The number of aliphatic imine (C=N–C) groups is 1. The van der Waals surface area contributed by atoms with E-state index in [2.05, 4.69) is 64.3 Å². The predicted molar refractivity (Wildman–Crippen MR) is 131 cm³/mol. The topological polar surface area (TPSA) is 49.3 Å². The molecule has 0 aliphatic carbocycles. The molecule has 1 aliphatic heterocycles. The van der Waals surface area contributed by atoms with Crippen molar-refractivity contribution < 1.29 is 9.47 Å². The third-order valence-corrected chi connectivity index (χ3v) is 5.47. The SMILES string of the molecule is CCN(CC)C(CNC(=NC)N1CCC(COCCOC)C1)c1ccccc1.I. The van der Waals surface area contributed by atoms with Gasteiger partial charge in [-0.05, 0) is 25.1 Å². The van der Waals surface area contributed by atoms with Gasteiger partial charge in [0, 0.05) is 39.7 Å². The third kappa shape index (κ3) is 8.39. The summed E-state index contributed by atoms with van der Waals surface area (Å²) in [6.07, 6.45) is 1.14. The number of likely N-dealkylation sites (tertiary alicyclic amines) is 1. The Morgan fingerprint density at radius 3 is 2.59 bits per heavy atom. The van der Waals surface area contributed by atoms with Crippen molar-refractivity contribution >= 4 is 29.9 Å². The number of rotatable bonds is 11. The van der Waals surface area contributed by atoms with E-state index in [1.165, 1.54) is 5.56 Å². The van der Waals surface area contributed by atoms with Crippen LogP contribution in [0.5, 0.6) is 0 Å². The minimum Gasteiger partial charge on any atom is -0.382 e. The molecule has 0 saturated carbocycles. The molecule has 166 valence electrons. The van der Waals surface area contributed by atoms with Gasteiger partial charge in [-0.15, -0.1) is 24.0 Å². The first-order chi connectivity index (χ1) is 13.7. The van der Waals surface area contributed by atoms with E-state index in [4.69, 9.17) is 9.47 Å². The summed E-state index contributed by atoms with van der Waals surface area (Å²) in [7, 11) is 3.58. The predicted octanol–water partition coefficient (Wildman–Crippen LogP) is 3.25. The monoisotopic (exact) mass is 518 g/mol. The number of methoxy groups -OCH3 is 1. The minimum atomic E-state index is 0. The lowest BCUT2D eigenvalue weighted by molar-refractivity contribution is 0.0536. The molecular formula is C22H39IN4O2. The summed E-state index contributed by atoms with van der Waals surface area (Å²) in [4.78, 5) is 9.39. The van der Waals surface area contributed by atoms with Crippen molar-refractivity contribution in [1.29, 1.82) is 0 Å². The second kappa shape index (κ2) is 15.0. The molecule has 0 spiro atoms. The molecule has 29 heavy (non-hydrogen) atoms. The number of hydrogen-bond acceptors (Lipinski definition) is 4. The smallest absolute Gasteiger partial charge is 0.193 e. The number of guanidine groups is 1. The molecule has 2 rings (SSSR count). The lowest BCUT2D eigenvalue weighted by Gasteiger charge is -2.32. The number of likely N-dealkylation sites (N-methyl/N-ethyl adjacent to an activating group) is 1. The first kappa shape index (κ1) is 26.1. The molecule has 0 radical (unpaired) electrons. The Balaban J connectivity index is 0.00000420. The molecule has 0 bridgehead atoms. The fourth-order valence-corrected chi connectivity index (χ4v) is 3.87. The van der Waals surface area contributed by atoms with Crippen LogP contribution in [0.2, 0.25) is 0 Å². The van der Waals surface area contributed by atoms with E-state index < -0.39 is 0 Å². The second-order valence-electron chi connectivity index (χ2n) is 7.24. The van der Waals surface area contributed by atoms with Crippen LogP contribution < -0.4 is 5.32 Å². The highest BCUT2D eigenvalue weighted by atomic mass is 127. The Morgan fingerprint density at radius 2 is 1.97 bits per heavy atom. The van der Waals surface area contributed by atoms with Crippen LogP contribution in [0.4, 0.5) is 0 Å². The number of halogens is 1. The van der Waals surface area contributed by atoms with Crippen molar-refractivity contribution in [3.8, 4) is 0 Å². The molecule has 1 aromatic carbocycles. The van der Waals surface area contributed by atoms with Crippen molar-refractivity contribution in [1.82, 2.24) is 15.1 Å². The van der Waals surface area contributed by atoms with Crippen LogP contribution in [0.15, 0.2) is 35.3 Å². The number of nitrogens with zero attached hydrogens (tertiary/aromatic N) is 3. The molecule has 1 N–H and O–H groups in total. The first-order valence-electron chi connectivity index (χ1n) is 10.5. The molecule has 0 aromatic heterocycles. The summed E-state index contributed by atoms with van der Waals surface area (Å²) in [6.45, 7) is 11.5. The number of hydrogen-bond donors (Lipinski definition) is 1. The van der Waals surface area contributed by atoms with Crippen LogP contribution in [0.25, 0.3) is 0 Å². The summed E-state index contributed by atoms with van der Waals surface area (Å²) in [6, 6.07) is 11.1. The molecule has 1 aromatic rings. The third-order valence-electron chi connectivity index (χ3n) is 5.47. The van der Waals surface area contributed by atoms with Gasteiger partial charge < -0.3 is 19.7 Å². The number of ether oxygens (including phenoxy) is 2. The van der Waals surface area contributed by atoms with E-state index in [0.717, 1.165) is 51.7 Å². The Hall–Kier alpha value is -0.900. The van der Waals surface area contributed by atoms with Gasteiger partial charge in [-0.3, -0.25) is 9.89 Å². The standard InChI is InChI=1S/C22H38N4O2.HI/c1-5-25(6-2)21(20-10-8-7-9-11-20)16-24-22(23-3)26-13-12-19(17-26)18-28-15-14-27-4;/h7-11,19,21H,5-6,12-18H2,1-4H3,(H,23,24);1H. The molecule has 1 saturated heterocycles. The van der Waals surface area contributed by atoms with Crippen LogP contribution in [0, 0.1) is 5.92 Å². The maximum absolute atomic E-state index is 5.72. The summed E-state index contributed by atoms with van der Waals surface area (Å²) in [5.74, 6) is 1.55. The quantitative estimate of drug-likeness (QED) is 0.211. The highest BCUT2D eigenvalue weighted by Crippen LogP contribution is 2.20. The fraction of sp³-hybridized carbons (Fsp3) is 0.682. The number of nitrogens with one attached hydrogen (secondary N) is 1. The van der Waals surface area contributed by atoms with Gasteiger partial charge in [-0.2, -0.15) is 0 Å².